The van der Waals surface area contributed by atoms with Gasteiger partial charge in [-0.3, -0.25) is 0 Å². The van der Waals surface area contributed by atoms with Gasteiger partial charge in [0.15, 0.2) is 5.96 Å². The van der Waals surface area contributed by atoms with Crippen LogP contribution in [0.3, 0.4) is 0 Å². The van der Waals surface area contributed by atoms with Crippen molar-refractivity contribution in [2.75, 3.05) is 13.6 Å². The Morgan fingerprint density at radius 2 is 1.82 bits per heavy atom. The van der Waals surface area contributed by atoms with Crippen LogP contribution in [0.2, 0.25) is 0 Å². The first-order chi connectivity index (χ1) is 9.89. The van der Waals surface area contributed by atoms with Crippen molar-refractivity contribution < 1.29 is 8.42 Å². The van der Waals surface area contributed by atoms with Gasteiger partial charge in [-0.15, -0.1) is 24.0 Å². The van der Waals surface area contributed by atoms with Crippen LogP contribution < -0.4 is 15.4 Å². The molecule has 126 valence electrons. The molecule has 0 spiro atoms. The van der Waals surface area contributed by atoms with Gasteiger partial charge in [-0.05, 0) is 45.5 Å². The molecule has 1 aromatic carbocycles. The Labute approximate surface area is 150 Å². The van der Waals surface area contributed by atoms with Gasteiger partial charge in [0, 0.05) is 12.6 Å². The zero-order valence-electron chi connectivity index (χ0n) is 13.4. The van der Waals surface area contributed by atoms with Crippen molar-refractivity contribution >= 4 is 40.0 Å². The number of nitrogens with one attached hydrogen (secondary N) is 3. The molecular weight excluding hydrogens is 415 g/mol. The van der Waals surface area contributed by atoms with Gasteiger partial charge in [0.1, 0.15) is 0 Å². The molecule has 0 atom stereocenters. The molecule has 0 fully saturated rings. The number of halogens is 1. The molecular formula is C14H25IN4O2S. The number of aliphatic imine (C=N–C) groups is 1. The Hall–Kier alpha value is -0.870. The molecule has 6 nitrogen and oxygen atoms in total. The molecule has 8 heteroatoms. The van der Waals surface area contributed by atoms with Crippen molar-refractivity contribution in [1.29, 1.82) is 0 Å². The van der Waals surface area contributed by atoms with E-state index in [2.05, 4.69) is 20.3 Å². The lowest BCUT2D eigenvalue weighted by Gasteiger charge is -2.14. The van der Waals surface area contributed by atoms with Crippen LogP contribution in [0.15, 0.2) is 34.2 Å². The quantitative estimate of drug-likeness (QED) is 0.357. The molecule has 22 heavy (non-hydrogen) atoms. The Morgan fingerprint density at radius 3 is 2.27 bits per heavy atom. The summed E-state index contributed by atoms with van der Waals surface area (Å²) in [4.78, 5) is 4.72. The third-order valence-corrected chi connectivity index (χ3v) is 4.12. The summed E-state index contributed by atoms with van der Waals surface area (Å²) in [7, 11) is -1.98. The Balaban J connectivity index is 0.00000441. The molecule has 1 rings (SSSR count). The monoisotopic (exact) mass is 440 g/mol. The highest BCUT2D eigenvalue weighted by Crippen LogP contribution is 2.10. The van der Waals surface area contributed by atoms with Crippen LogP contribution in [0.4, 0.5) is 0 Å². The summed E-state index contributed by atoms with van der Waals surface area (Å²) < 4.78 is 25.5. The molecule has 0 aliphatic carbocycles. The van der Waals surface area contributed by atoms with E-state index in [1.807, 2.05) is 20.8 Å². The first-order valence-electron chi connectivity index (χ1n) is 6.96. The number of sulfonamides is 1. The minimum absolute atomic E-state index is 0. The molecule has 0 aliphatic rings. The van der Waals surface area contributed by atoms with E-state index < -0.39 is 10.0 Å². The van der Waals surface area contributed by atoms with Crippen molar-refractivity contribution in [2.45, 2.75) is 38.3 Å². The standard InChI is InChI=1S/C14H24N4O2S.HI/c1-5-16-14(18-11(2)3)17-10-12-6-8-13(9-7-12)21(19,20)15-4;/h6-9,11,15H,5,10H2,1-4H3,(H2,16,17,18);1H. The molecule has 3 N–H and O–H groups in total. The predicted molar refractivity (Wildman–Crippen MR) is 101 cm³/mol. The van der Waals surface area contributed by atoms with Gasteiger partial charge in [-0.2, -0.15) is 0 Å². The third kappa shape index (κ3) is 6.93. The molecule has 0 saturated heterocycles. The number of hydrogen-bond acceptors (Lipinski definition) is 3. The van der Waals surface area contributed by atoms with E-state index in [-0.39, 0.29) is 28.9 Å². The minimum atomic E-state index is -3.38. The molecule has 1 aromatic rings. The normalized spacial score (nSPS) is 12.0. The topological polar surface area (TPSA) is 82.6 Å². The van der Waals surface area contributed by atoms with E-state index in [9.17, 15) is 8.42 Å². The highest BCUT2D eigenvalue weighted by atomic mass is 127. The average molecular weight is 440 g/mol. The number of benzene rings is 1. The van der Waals surface area contributed by atoms with Crippen molar-refractivity contribution in [3.63, 3.8) is 0 Å². The lowest BCUT2D eigenvalue weighted by Crippen LogP contribution is -2.40. The lowest BCUT2D eigenvalue weighted by molar-refractivity contribution is 0.588. The number of guanidine groups is 1. The number of hydrogen-bond donors (Lipinski definition) is 3. The Morgan fingerprint density at radius 1 is 1.23 bits per heavy atom. The summed E-state index contributed by atoms with van der Waals surface area (Å²) in [5, 5.41) is 6.39. The van der Waals surface area contributed by atoms with Crippen molar-refractivity contribution in [1.82, 2.24) is 15.4 Å². The van der Waals surface area contributed by atoms with E-state index in [0.717, 1.165) is 18.1 Å². The first kappa shape index (κ1) is 21.1. The summed E-state index contributed by atoms with van der Waals surface area (Å²) in [6.45, 7) is 7.38. The minimum Gasteiger partial charge on any atom is -0.357 e. The van der Waals surface area contributed by atoms with Gasteiger partial charge in [0.05, 0.1) is 11.4 Å². The second-order valence-corrected chi connectivity index (χ2v) is 6.73. The Bertz CT molecular complexity index is 571. The predicted octanol–water partition coefficient (Wildman–Crippen LogP) is 1.68. The van der Waals surface area contributed by atoms with Crippen LogP contribution in [-0.2, 0) is 16.6 Å². The van der Waals surface area contributed by atoms with Crippen LogP contribution in [0.25, 0.3) is 0 Å². The number of nitrogens with zero attached hydrogens (tertiary/aromatic N) is 1. The van der Waals surface area contributed by atoms with E-state index in [4.69, 9.17) is 0 Å². The van der Waals surface area contributed by atoms with Gasteiger partial charge in [0.25, 0.3) is 0 Å². The van der Waals surface area contributed by atoms with Crippen LogP contribution in [-0.4, -0.2) is 34.0 Å². The fraction of sp³-hybridized carbons (Fsp3) is 0.500. The fourth-order valence-corrected chi connectivity index (χ4v) is 2.39. The van der Waals surface area contributed by atoms with Crippen molar-refractivity contribution in [2.24, 2.45) is 4.99 Å². The zero-order chi connectivity index (χ0) is 15.9. The maximum absolute atomic E-state index is 11.6. The molecule has 0 amide bonds. The maximum Gasteiger partial charge on any atom is 0.240 e. The molecule has 0 aromatic heterocycles. The second kappa shape index (κ2) is 10.0. The maximum atomic E-state index is 11.6. The fourth-order valence-electron chi connectivity index (χ4n) is 1.66. The van der Waals surface area contributed by atoms with Crippen LogP contribution >= 0.6 is 24.0 Å². The van der Waals surface area contributed by atoms with E-state index in [0.29, 0.717) is 12.6 Å². The summed E-state index contributed by atoms with van der Waals surface area (Å²) >= 11 is 0. The SMILES string of the molecule is CCNC(=NCc1ccc(S(=O)(=O)NC)cc1)NC(C)C.I. The van der Waals surface area contributed by atoms with Gasteiger partial charge in [0.2, 0.25) is 10.0 Å². The van der Waals surface area contributed by atoms with Gasteiger partial charge < -0.3 is 10.6 Å². The lowest BCUT2D eigenvalue weighted by atomic mass is 10.2. The second-order valence-electron chi connectivity index (χ2n) is 4.85. The molecule has 0 bridgehead atoms. The molecule has 0 heterocycles. The summed E-state index contributed by atoms with van der Waals surface area (Å²) in [6, 6.07) is 7.00. The van der Waals surface area contributed by atoms with Crippen LogP contribution in [0, 0.1) is 0 Å². The summed E-state index contributed by atoms with van der Waals surface area (Å²) in [5.41, 5.74) is 0.950. The molecule has 0 aliphatic heterocycles. The van der Waals surface area contributed by atoms with Crippen LogP contribution in [0.1, 0.15) is 26.3 Å². The summed E-state index contributed by atoms with van der Waals surface area (Å²) in [5.74, 6) is 0.749. The van der Waals surface area contributed by atoms with E-state index in [1.54, 1.807) is 24.3 Å². The van der Waals surface area contributed by atoms with Gasteiger partial charge >= 0.3 is 0 Å². The Kier molecular flexibility index (Phi) is 9.61. The van der Waals surface area contributed by atoms with E-state index >= 15 is 0 Å². The highest BCUT2D eigenvalue weighted by molar-refractivity contribution is 14.0. The third-order valence-electron chi connectivity index (χ3n) is 2.69. The van der Waals surface area contributed by atoms with E-state index in [1.165, 1.54) is 7.05 Å². The van der Waals surface area contributed by atoms with Gasteiger partial charge in [-0.25, -0.2) is 18.1 Å². The largest absolute Gasteiger partial charge is 0.357 e. The van der Waals surface area contributed by atoms with Gasteiger partial charge in [-0.1, -0.05) is 12.1 Å². The number of rotatable bonds is 6. The summed E-state index contributed by atoms with van der Waals surface area (Å²) in [6.07, 6.45) is 0. The van der Waals surface area contributed by atoms with Crippen molar-refractivity contribution in [3.8, 4) is 0 Å². The highest BCUT2D eigenvalue weighted by Gasteiger charge is 2.10. The molecule has 0 unspecified atom stereocenters. The zero-order valence-corrected chi connectivity index (χ0v) is 16.5. The van der Waals surface area contributed by atoms with Crippen LogP contribution in [0.5, 0.6) is 0 Å². The van der Waals surface area contributed by atoms with Crippen molar-refractivity contribution in [3.05, 3.63) is 29.8 Å². The smallest absolute Gasteiger partial charge is 0.240 e. The molecule has 0 saturated carbocycles. The molecule has 0 radical (unpaired) electrons. The first-order valence-corrected chi connectivity index (χ1v) is 8.44. The average Bonchev–Trinajstić information content (AvgIpc) is 2.45.